The van der Waals surface area contributed by atoms with Gasteiger partial charge >= 0.3 is 0 Å². The van der Waals surface area contributed by atoms with Gasteiger partial charge in [0.05, 0.1) is 5.75 Å². The Morgan fingerprint density at radius 3 is 2.55 bits per heavy atom. The molecule has 0 aromatic carbocycles. The maximum absolute atomic E-state index is 12.0. The van der Waals surface area contributed by atoms with Gasteiger partial charge in [0.25, 0.3) is 0 Å². The molecule has 0 saturated carbocycles. The molecule has 1 aliphatic heterocycles. The molecule has 1 unspecified atom stereocenters. The van der Waals surface area contributed by atoms with Crippen LogP contribution in [0.2, 0.25) is 0 Å². The molecule has 0 aromatic heterocycles. The molecule has 1 saturated heterocycles. The summed E-state index contributed by atoms with van der Waals surface area (Å²) in [5.41, 5.74) is 5.55. The van der Waals surface area contributed by atoms with Gasteiger partial charge in [-0.1, -0.05) is 0 Å². The van der Waals surface area contributed by atoms with Gasteiger partial charge < -0.3 is 11.1 Å². The number of carbonyl (C=O) groups excluding carboxylic acids is 1. The number of amides is 1. The van der Waals surface area contributed by atoms with Crippen molar-refractivity contribution in [2.45, 2.75) is 25.8 Å². The summed E-state index contributed by atoms with van der Waals surface area (Å²) in [5.74, 6) is 1.53. The van der Waals surface area contributed by atoms with Crippen molar-refractivity contribution in [2.75, 3.05) is 36.9 Å². The van der Waals surface area contributed by atoms with E-state index < -0.39 is 10.0 Å². The van der Waals surface area contributed by atoms with E-state index in [1.54, 1.807) is 11.8 Å². The lowest BCUT2D eigenvalue weighted by Crippen LogP contribution is -2.41. The summed E-state index contributed by atoms with van der Waals surface area (Å²) >= 11 is 1.77. The quantitative estimate of drug-likeness (QED) is 0.679. The van der Waals surface area contributed by atoms with Gasteiger partial charge in [-0.15, -0.1) is 12.4 Å². The van der Waals surface area contributed by atoms with Crippen LogP contribution < -0.4 is 11.1 Å². The minimum atomic E-state index is -3.23. The lowest BCUT2D eigenvalue weighted by atomic mass is 10.2. The lowest BCUT2D eigenvalue weighted by Gasteiger charge is -2.25. The third-order valence-electron chi connectivity index (χ3n) is 2.87. The number of rotatable bonds is 7. The van der Waals surface area contributed by atoms with Crippen molar-refractivity contribution in [3.05, 3.63) is 0 Å². The summed E-state index contributed by atoms with van der Waals surface area (Å²) in [6.45, 7) is 3.16. The summed E-state index contributed by atoms with van der Waals surface area (Å²) in [6.07, 6.45) is 0.958. The first kappa shape index (κ1) is 20.0. The molecule has 6 nitrogen and oxygen atoms in total. The van der Waals surface area contributed by atoms with Gasteiger partial charge in [-0.3, -0.25) is 4.79 Å². The van der Waals surface area contributed by atoms with E-state index in [1.807, 2.05) is 6.92 Å². The largest absolute Gasteiger partial charge is 0.355 e. The molecule has 1 amide bonds. The minimum Gasteiger partial charge on any atom is -0.355 e. The van der Waals surface area contributed by atoms with Gasteiger partial charge in [-0.05, 0) is 13.3 Å². The van der Waals surface area contributed by atoms with Crippen LogP contribution in [0, 0.1) is 0 Å². The van der Waals surface area contributed by atoms with E-state index in [0.717, 1.165) is 11.5 Å². The molecule has 1 rings (SSSR count). The molecule has 0 aromatic rings. The van der Waals surface area contributed by atoms with Crippen molar-refractivity contribution < 1.29 is 13.2 Å². The van der Waals surface area contributed by atoms with E-state index in [9.17, 15) is 13.2 Å². The zero-order valence-electron chi connectivity index (χ0n) is 11.7. The number of sulfonamides is 1. The number of carbonyl (C=O) groups is 1. The number of nitrogens with two attached hydrogens (primary N) is 1. The summed E-state index contributed by atoms with van der Waals surface area (Å²) in [6, 6.07) is -0.0136. The van der Waals surface area contributed by atoms with Crippen LogP contribution in [0.4, 0.5) is 0 Å². The summed E-state index contributed by atoms with van der Waals surface area (Å²) in [4.78, 5) is 11.4. The molecular formula is C11H24ClN3O3S2. The first-order valence-corrected chi connectivity index (χ1v) is 9.26. The fraction of sp³-hybridized carbons (Fsp3) is 0.909. The number of halogens is 1. The molecule has 0 radical (unpaired) electrons. The van der Waals surface area contributed by atoms with E-state index in [-0.39, 0.29) is 36.7 Å². The maximum Gasteiger partial charge on any atom is 0.220 e. The van der Waals surface area contributed by atoms with Crippen molar-refractivity contribution in [2.24, 2.45) is 5.73 Å². The fourth-order valence-electron chi connectivity index (χ4n) is 1.72. The topological polar surface area (TPSA) is 92.5 Å². The fourth-order valence-corrected chi connectivity index (χ4v) is 4.21. The third-order valence-corrected chi connectivity index (χ3v) is 5.69. The van der Waals surface area contributed by atoms with Gasteiger partial charge in [0, 0.05) is 43.6 Å². The maximum atomic E-state index is 12.0. The van der Waals surface area contributed by atoms with Crippen molar-refractivity contribution in [1.29, 1.82) is 0 Å². The Morgan fingerprint density at radius 2 is 2.00 bits per heavy atom. The number of nitrogens with zero attached hydrogens (tertiary/aromatic N) is 1. The van der Waals surface area contributed by atoms with Crippen molar-refractivity contribution in [3.63, 3.8) is 0 Å². The predicted molar refractivity (Wildman–Crippen MR) is 85.8 cm³/mol. The third kappa shape index (κ3) is 7.68. The monoisotopic (exact) mass is 345 g/mol. The van der Waals surface area contributed by atoms with Crippen molar-refractivity contribution >= 4 is 40.1 Å². The molecule has 20 heavy (non-hydrogen) atoms. The molecule has 1 atom stereocenters. The highest BCUT2D eigenvalue weighted by Gasteiger charge is 2.23. The average Bonchev–Trinajstić information content (AvgIpc) is 2.37. The van der Waals surface area contributed by atoms with Crippen LogP contribution >= 0.6 is 24.2 Å². The number of hydrogen-bond acceptors (Lipinski definition) is 5. The lowest BCUT2D eigenvalue weighted by molar-refractivity contribution is -0.121. The molecule has 120 valence electrons. The Kier molecular flexibility index (Phi) is 9.82. The molecule has 1 aliphatic rings. The zero-order valence-corrected chi connectivity index (χ0v) is 14.2. The van der Waals surface area contributed by atoms with Gasteiger partial charge in [0.15, 0.2) is 0 Å². The van der Waals surface area contributed by atoms with E-state index >= 15 is 0 Å². The van der Waals surface area contributed by atoms with Crippen LogP contribution in [0.5, 0.6) is 0 Å². The number of nitrogens with one attached hydrogen (secondary N) is 1. The van der Waals surface area contributed by atoms with Crippen molar-refractivity contribution in [3.8, 4) is 0 Å². The van der Waals surface area contributed by atoms with E-state index in [0.29, 0.717) is 25.9 Å². The highest BCUT2D eigenvalue weighted by Crippen LogP contribution is 2.12. The summed E-state index contributed by atoms with van der Waals surface area (Å²) < 4.78 is 25.5. The smallest absolute Gasteiger partial charge is 0.220 e. The van der Waals surface area contributed by atoms with Crippen LogP contribution in [-0.4, -0.2) is 61.6 Å². The van der Waals surface area contributed by atoms with E-state index in [2.05, 4.69) is 5.32 Å². The molecular weight excluding hydrogens is 322 g/mol. The second-order valence-corrected chi connectivity index (χ2v) is 8.01. The molecule has 1 heterocycles. The SMILES string of the molecule is CC(N)CCC(=O)NCCS(=O)(=O)N1CCSCC1.Cl. The highest BCUT2D eigenvalue weighted by molar-refractivity contribution is 7.99. The molecule has 3 N–H and O–H groups in total. The standard InChI is InChI=1S/C11H23N3O3S2.ClH/c1-10(12)2-3-11(15)13-4-9-19(16,17)14-5-7-18-8-6-14;/h10H,2-9,12H2,1H3,(H,13,15);1H. The van der Waals surface area contributed by atoms with Gasteiger partial charge in [-0.25, -0.2) is 12.7 Å². The van der Waals surface area contributed by atoms with Gasteiger partial charge in [0.1, 0.15) is 0 Å². The predicted octanol–water partition coefficient (Wildman–Crippen LogP) is 0.0304. The van der Waals surface area contributed by atoms with Gasteiger partial charge in [-0.2, -0.15) is 11.8 Å². The normalized spacial score (nSPS) is 18.1. The van der Waals surface area contributed by atoms with Crippen molar-refractivity contribution in [1.82, 2.24) is 9.62 Å². The van der Waals surface area contributed by atoms with E-state index in [4.69, 9.17) is 5.73 Å². The summed E-state index contributed by atoms with van der Waals surface area (Å²) in [5, 5.41) is 2.63. The molecule has 9 heteroatoms. The Hall–Kier alpha value is -0.0200. The molecule has 0 bridgehead atoms. The van der Waals surface area contributed by atoms with Crippen LogP contribution in [0.25, 0.3) is 0 Å². The average molecular weight is 346 g/mol. The Bertz CT molecular complexity index is 384. The molecule has 1 fully saturated rings. The van der Waals surface area contributed by atoms with Crippen LogP contribution in [0.15, 0.2) is 0 Å². The second-order valence-electron chi connectivity index (χ2n) is 4.69. The molecule has 0 spiro atoms. The second kappa shape index (κ2) is 9.83. The number of hydrogen-bond donors (Lipinski definition) is 2. The number of thioether (sulfide) groups is 1. The first-order valence-electron chi connectivity index (χ1n) is 6.49. The zero-order chi connectivity index (χ0) is 14.3. The molecule has 0 aliphatic carbocycles. The first-order chi connectivity index (χ1) is 8.92. The Balaban J connectivity index is 0.00000361. The van der Waals surface area contributed by atoms with Crippen LogP contribution in [0.1, 0.15) is 19.8 Å². The highest BCUT2D eigenvalue weighted by atomic mass is 35.5. The van der Waals surface area contributed by atoms with E-state index in [1.165, 1.54) is 4.31 Å². The van der Waals surface area contributed by atoms with Gasteiger partial charge in [0.2, 0.25) is 15.9 Å². The van der Waals surface area contributed by atoms with Crippen LogP contribution in [-0.2, 0) is 14.8 Å². The Morgan fingerprint density at radius 1 is 1.40 bits per heavy atom. The minimum absolute atomic E-state index is 0. The summed E-state index contributed by atoms with van der Waals surface area (Å²) in [7, 11) is -3.23. The Labute approximate surface area is 131 Å². The van der Waals surface area contributed by atoms with Crippen LogP contribution in [0.3, 0.4) is 0 Å².